The molecule has 152 valence electrons. The minimum absolute atomic E-state index is 0.0685. The minimum atomic E-state index is -0.0685. The van der Waals surface area contributed by atoms with Crippen molar-refractivity contribution in [1.82, 2.24) is 9.97 Å². The average Bonchev–Trinajstić information content (AvgIpc) is 3.03. The van der Waals surface area contributed by atoms with E-state index in [1.165, 1.54) is 28.6 Å². The molecule has 4 rings (SSSR count). The largest absolute Gasteiger partial charge is 0.495 e. The van der Waals surface area contributed by atoms with Crippen molar-refractivity contribution in [2.75, 3.05) is 18.2 Å². The Morgan fingerprint density at radius 3 is 2.97 bits per heavy atom. The minimum Gasteiger partial charge on any atom is -0.495 e. The van der Waals surface area contributed by atoms with E-state index in [0.29, 0.717) is 17.2 Å². The summed E-state index contributed by atoms with van der Waals surface area (Å²) in [5, 5.41) is 5.05. The van der Waals surface area contributed by atoms with Gasteiger partial charge in [-0.05, 0) is 62.3 Å². The van der Waals surface area contributed by atoms with Crippen molar-refractivity contribution >= 4 is 44.9 Å². The predicted octanol–water partition coefficient (Wildman–Crippen LogP) is 5.17. The number of rotatable bonds is 5. The molecule has 1 aromatic carbocycles. The van der Waals surface area contributed by atoms with E-state index < -0.39 is 0 Å². The van der Waals surface area contributed by atoms with Gasteiger partial charge in [-0.15, -0.1) is 11.3 Å². The third-order valence-corrected chi connectivity index (χ3v) is 7.33. The number of fused-ring (bicyclic) bond motifs is 3. The number of aromatic nitrogens is 2. The SMILES string of the molecule is COc1ccc(C)cc1NC(=O)CSc1nc(C)nc2sc3c(c12)CC[C@H](C)C3. The number of nitrogens with one attached hydrogen (secondary N) is 1. The summed E-state index contributed by atoms with van der Waals surface area (Å²) in [6.07, 6.45) is 3.39. The highest BCUT2D eigenvalue weighted by molar-refractivity contribution is 8.00. The summed E-state index contributed by atoms with van der Waals surface area (Å²) in [5.74, 6) is 2.36. The van der Waals surface area contributed by atoms with E-state index in [1.54, 1.807) is 18.4 Å². The van der Waals surface area contributed by atoms with Crippen LogP contribution in [-0.2, 0) is 17.6 Å². The molecule has 7 heteroatoms. The second-order valence-corrected chi connectivity index (χ2v) is 9.70. The maximum absolute atomic E-state index is 12.6. The summed E-state index contributed by atoms with van der Waals surface area (Å²) < 4.78 is 5.36. The number of thiophene rings is 1. The van der Waals surface area contributed by atoms with Gasteiger partial charge in [0.05, 0.1) is 18.6 Å². The third-order valence-electron chi connectivity index (χ3n) is 5.20. The number of nitrogens with zero attached hydrogens (tertiary/aromatic N) is 2. The third kappa shape index (κ3) is 4.26. The van der Waals surface area contributed by atoms with Crippen LogP contribution in [-0.4, -0.2) is 28.7 Å². The van der Waals surface area contributed by atoms with Crippen molar-refractivity contribution in [1.29, 1.82) is 0 Å². The Kier molecular flexibility index (Phi) is 5.79. The van der Waals surface area contributed by atoms with Gasteiger partial charge in [0.2, 0.25) is 5.91 Å². The maximum atomic E-state index is 12.6. The number of hydrogen-bond acceptors (Lipinski definition) is 6. The lowest BCUT2D eigenvalue weighted by atomic mass is 9.89. The smallest absolute Gasteiger partial charge is 0.234 e. The molecule has 2 aromatic heterocycles. The van der Waals surface area contributed by atoms with Crippen LogP contribution in [0.4, 0.5) is 5.69 Å². The van der Waals surface area contributed by atoms with E-state index in [-0.39, 0.29) is 5.91 Å². The molecule has 29 heavy (non-hydrogen) atoms. The van der Waals surface area contributed by atoms with Crippen molar-refractivity contribution < 1.29 is 9.53 Å². The van der Waals surface area contributed by atoms with Crippen molar-refractivity contribution in [3.05, 3.63) is 40.0 Å². The Labute approximate surface area is 179 Å². The molecule has 1 aliphatic rings. The van der Waals surface area contributed by atoms with Crippen LogP contribution in [0.1, 0.15) is 35.2 Å². The van der Waals surface area contributed by atoms with Crippen molar-refractivity contribution in [3.63, 3.8) is 0 Å². The summed E-state index contributed by atoms with van der Waals surface area (Å²) in [5.41, 5.74) is 3.16. The summed E-state index contributed by atoms with van der Waals surface area (Å²) >= 11 is 3.28. The lowest BCUT2D eigenvalue weighted by Gasteiger charge is -2.18. The number of carbonyl (C=O) groups is 1. The molecule has 1 atom stereocenters. The summed E-state index contributed by atoms with van der Waals surface area (Å²) in [6.45, 7) is 6.22. The van der Waals surface area contributed by atoms with Gasteiger partial charge < -0.3 is 10.1 Å². The number of thioether (sulfide) groups is 1. The number of benzene rings is 1. The number of hydrogen-bond donors (Lipinski definition) is 1. The first-order chi connectivity index (χ1) is 13.9. The monoisotopic (exact) mass is 427 g/mol. The van der Waals surface area contributed by atoms with E-state index in [4.69, 9.17) is 4.74 Å². The van der Waals surface area contributed by atoms with Gasteiger partial charge in [-0.1, -0.05) is 24.8 Å². The normalized spacial score (nSPS) is 15.9. The van der Waals surface area contributed by atoms with Crippen LogP contribution in [0.2, 0.25) is 0 Å². The van der Waals surface area contributed by atoms with Crippen LogP contribution in [0, 0.1) is 19.8 Å². The maximum Gasteiger partial charge on any atom is 0.234 e. The van der Waals surface area contributed by atoms with Crippen LogP contribution in [0.25, 0.3) is 10.2 Å². The molecule has 3 aromatic rings. The van der Waals surface area contributed by atoms with Crippen molar-refractivity contribution in [2.24, 2.45) is 5.92 Å². The van der Waals surface area contributed by atoms with Crippen LogP contribution in [0.15, 0.2) is 23.2 Å². The van der Waals surface area contributed by atoms with Gasteiger partial charge in [0.1, 0.15) is 21.4 Å². The highest BCUT2D eigenvalue weighted by atomic mass is 32.2. The quantitative estimate of drug-likeness (QED) is 0.449. The molecular formula is C22H25N3O2S2. The van der Waals surface area contributed by atoms with Gasteiger partial charge in [0.15, 0.2) is 0 Å². The predicted molar refractivity (Wildman–Crippen MR) is 120 cm³/mol. The zero-order chi connectivity index (χ0) is 20.5. The Hall–Kier alpha value is -2.12. The fourth-order valence-corrected chi connectivity index (χ4v) is 6.15. The molecule has 0 spiro atoms. The summed E-state index contributed by atoms with van der Waals surface area (Å²) in [7, 11) is 1.61. The first kappa shape index (κ1) is 20.2. The van der Waals surface area contributed by atoms with Crippen molar-refractivity contribution in [2.45, 2.75) is 45.1 Å². The van der Waals surface area contributed by atoms with Gasteiger partial charge in [0, 0.05) is 10.3 Å². The standard InChI is InChI=1S/C22H25N3O2S2/c1-12-6-8-17(27-4)16(9-12)25-19(26)11-28-21-20-15-7-5-13(2)10-18(15)29-22(20)24-14(3)23-21/h6,8-9,13H,5,7,10-11H2,1-4H3,(H,25,26)/t13-/m0/s1. The fourth-order valence-electron chi connectivity index (χ4n) is 3.75. The first-order valence-electron chi connectivity index (χ1n) is 9.80. The zero-order valence-electron chi connectivity index (χ0n) is 17.2. The molecule has 1 amide bonds. The van der Waals surface area contributed by atoms with Crippen LogP contribution in [0.5, 0.6) is 5.75 Å². The van der Waals surface area contributed by atoms with E-state index >= 15 is 0 Å². The molecule has 0 radical (unpaired) electrons. The highest BCUT2D eigenvalue weighted by Gasteiger charge is 2.24. The lowest BCUT2D eigenvalue weighted by Crippen LogP contribution is -2.15. The topological polar surface area (TPSA) is 64.1 Å². The molecule has 0 bridgehead atoms. The molecule has 1 N–H and O–H groups in total. The number of methoxy groups -OCH3 is 1. The number of aryl methyl sites for hydroxylation is 3. The fraction of sp³-hybridized carbons (Fsp3) is 0.409. The average molecular weight is 428 g/mol. The number of amides is 1. The van der Waals surface area contributed by atoms with E-state index in [2.05, 4.69) is 22.2 Å². The first-order valence-corrected chi connectivity index (χ1v) is 11.6. The molecule has 0 unspecified atom stereocenters. The number of carbonyl (C=O) groups excluding carboxylic acids is 1. The Morgan fingerprint density at radius 1 is 1.34 bits per heavy atom. The number of anilines is 1. The van der Waals surface area contributed by atoms with Crippen LogP contribution in [0.3, 0.4) is 0 Å². The highest BCUT2D eigenvalue weighted by Crippen LogP contribution is 2.41. The van der Waals surface area contributed by atoms with Crippen molar-refractivity contribution in [3.8, 4) is 5.75 Å². The van der Waals surface area contributed by atoms with E-state index in [1.807, 2.05) is 32.0 Å². The van der Waals surface area contributed by atoms with Gasteiger partial charge in [-0.25, -0.2) is 9.97 Å². The molecular weight excluding hydrogens is 402 g/mol. The Morgan fingerprint density at radius 2 is 2.17 bits per heavy atom. The molecule has 0 fully saturated rings. The van der Waals surface area contributed by atoms with Gasteiger partial charge >= 0.3 is 0 Å². The van der Waals surface area contributed by atoms with E-state index in [0.717, 1.165) is 45.4 Å². The molecule has 0 saturated heterocycles. The molecule has 2 heterocycles. The summed E-state index contributed by atoms with van der Waals surface area (Å²) in [6, 6.07) is 5.75. The van der Waals surface area contributed by atoms with Crippen LogP contribution >= 0.6 is 23.1 Å². The second-order valence-electron chi connectivity index (χ2n) is 7.65. The summed E-state index contributed by atoms with van der Waals surface area (Å²) in [4.78, 5) is 24.5. The molecule has 1 aliphatic carbocycles. The van der Waals surface area contributed by atoms with E-state index in [9.17, 15) is 4.79 Å². The zero-order valence-corrected chi connectivity index (χ0v) is 18.8. The van der Waals surface area contributed by atoms with Gasteiger partial charge in [-0.3, -0.25) is 4.79 Å². The molecule has 0 saturated carbocycles. The lowest BCUT2D eigenvalue weighted by molar-refractivity contribution is -0.113. The van der Waals surface area contributed by atoms with Crippen LogP contribution < -0.4 is 10.1 Å². The van der Waals surface area contributed by atoms with Gasteiger partial charge in [0.25, 0.3) is 0 Å². The molecule has 0 aliphatic heterocycles. The number of ether oxygens (including phenoxy) is 1. The Balaban J connectivity index is 1.55. The molecule has 5 nitrogen and oxygen atoms in total. The second kappa shape index (κ2) is 8.32. The Bertz CT molecular complexity index is 1080. The van der Waals surface area contributed by atoms with Gasteiger partial charge in [-0.2, -0.15) is 0 Å².